The van der Waals surface area contributed by atoms with E-state index < -0.39 is 0 Å². The van der Waals surface area contributed by atoms with Crippen molar-refractivity contribution in [2.75, 3.05) is 13.1 Å². The van der Waals surface area contributed by atoms with Crippen LogP contribution in [0.3, 0.4) is 0 Å². The van der Waals surface area contributed by atoms with Gasteiger partial charge in [-0.3, -0.25) is 9.69 Å². The van der Waals surface area contributed by atoms with Gasteiger partial charge in [0.1, 0.15) is 0 Å². The number of hydrogen-bond donors (Lipinski definition) is 0. The molecule has 0 aromatic heterocycles. The summed E-state index contributed by atoms with van der Waals surface area (Å²) in [6, 6.07) is 7.69. The standard InChI is InChI=1S/C15H13NO.ClH/c1-3-9-16(10-4-2)14-11-15(17)13-8-6-5-7-12(13)14;/h1-2,5-8,14H,9-11H2;1H. The fourth-order valence-electron chi connectivity index (χ4n) is 2.27. The number of fused-ring (bicyclic) bond motifs is 1. The molecule has 1 atom stereocenters. The van der Waals surface area contributed by atoms with E-state index in [1.54, 1.807) is 0 Å². The normalized spacial score (nSPS) is 16.6. The second-order valence-corrected chi connectivity index (χ2v) is 4.04. The Balaban J connectivity index is 0.00000162. The third-order valence-electron chi connectivity index (χ3n) is 3.03. The van der Waals surface area contributed by atoms with Crippen molar-refractivity contribution in [3.63, 3.8) is 0 Å². The number of ketones is 1. The van der Waals surface area contributed by atoms with E-state index in [4.69, 9.17) is 12.8 Å². The van der Waals surface area contributed by atoms with Crippen LogP contribution in [-0.4, -0.2) is 23.8 Å². The van der Waals surface area contributed by atoms with E-state index in [1.165, 1.54) is 0 Å². The molecule has 18 heavy (non-hydrogen) atoms. The van der Waals surface area contributed by atoms with Crippen LogP contribution in [0.2, 0.25) is 0 Å². The van der Waals surface area contributed by atoms with Crippen molar-refractivity contribution < 1.29 is 4.79 Å². The summed E-state index contributed by atoms with van der Waals surface area (Å²) in [5.41, 5.74) is 1.85. The van der Waals surface area contributed by atoms with Gasteiger partial charge in [-0.05, 0) is 5.56 Å². The van der Waals surface area contributed by atoms with Crippen molar-refractivity contribution >= 4 is 18.2 Å². The molecule has 1 aromatic rings. The van der Waals surface area contributed by atoms with Crippen molar-refractivity contribution in [2.45, 2.75) is 12.5 Å². The van der Waals surface area contributed by atoms with Gasteiger partial charge in [0.2, 0.25) is 0 Å². The molecule has 0 amide bonds. The van der Waals surface area contributed by atoms with Gasteiger partial charge in [-0.15, -0.1) is 25.3 Å². The number of Topliss-reactive ketones (excluding diaryl/α,β-unsaturated/α-hetero) is 1. The molecule has 1 unspecified atom stereocenters. The predicted octanol–water partition coefficient (Wildman–Crippen LogP) is 2.30. The highest BCUT2D eigenvalue weighted by Crippen LogP contribution is 2.35. The quantitative estimate of drug-likeness (QED) is 0.777. The number of terminal acetylenes is 2. The zero-order valence-corrected chi connectivity index (χ0v) is 10.7. The maximum absolute atomic E-state index is 11.9. The molecule has 2 nitrogen and oxygen atoms in total. The predicted molar refractivity (Wildman–Crippen MR) is 74.6 cm³/mol. The molecule has 92 valence electrons. The molecule has 0 saturated heterocycles. The molecule has 0 N–H and O–H groups in total. The smallest absolute Gasteiger partial charge is 0.165 e. The second-order valence-electron chi connectivity index (χ2n) is 4.04. The second kappa shape index (κ2) is 6.26. The summed E-state index contributed by atoms with van der Waals surface area (Å²) in [6.07, 6.45) is 11.1. The Morgan fingerprint density at radius 2 is 1.83 bits per heavy atom. The Hall–Kier alpha value is -1.74. The van der Waals surface area contributed by atoms with E-state index >= 15 is 0 Å². The first-order valence-electron chi connectivity index (χ1n) is 5.51. The molecule has 2 rings (SSSR count). The van der Waals surface area contributed by atoms with Crippen LogP contribution in [0.1, 0.15) is 28.4 Å². The van der Waals surface area contributed by atoms with Gasteiger partial charge >= 0.3 is 0 Å². The van der Waals surface area contributed by atoms with Gasteiger partial charge in [0.25, 0.3) is 0 Å². The monoisotopic (exact) mass is 259 g/mol. The van der Waals surface area contributed by atoms with E-state index in [1.807, 2.05) is 29.2 Å². The third kappa shape index (κ3) is 2.57. The van der Waals surface area contributed by atoms with E-state index in [-0.39, 0.29) is 24.2 Å². The molecule has 0 fully saturated rings. The topological polar surface area (TPSA) is 20.3 Å². The number of nitrogens with zero attached hydrogens (tertiary/aromatic N) is 1. The first-order valence-corrected chi connectivity index (χ1v) is 5.51. The summed E-state index contributed by atoms with van der Waals surface area (Å²) in [6.45, 7) is 0.937. The van der Waals surface area contributed by atoms with Gasteiger partial charge < -0.3 is 0 Å². The minimum Gasteiger partial charge on any atom is -0.294 e. The number of rotatable bonds is 3. The summed E-state index contributed by atoms with van der Waals surface area (Å²) in [4.78, 5) is 13.8. The van der Waals surface area contributed by atoms with Crippen molar-refractivity contribution in [3.8, 4) is 24.7 Å². The Kier molecular flexibility index (Phi) is 4.98. The van der Waals surface area contributed by atoms with Gasteiger partial charge in [0, 0.05) is 18.0 Å². The van der Waals surface area contributed by atoms with Crippen molar-refractivity contribution in [3.05, 3.63) is 35.4 Å². The van der Waals surface area contributed by atoms with E-state index in [0.29, 0.717) is 19.5 Å². The molecule has 1 aliphatic rings. The van der Waals surface area contributed by atoms with Crippen molar-refractivity contribution in [1.29, 1.82) is 0 Å². The van der Waals surface area contributed by atoms with Crippen LogP contribution in [0.4, 0.5) is 0 Å². The minimum absolute atomic E-state index is 0. The molecule has 0 saturated carbocycles. The Labute approximate surface area is 114 Å². The van der Waals surface area contributed by atoms with Crippen LogP contribution in [-0.2, 0) is 0 Å². The SMILES string of the molecule is C#CCN(CC#C)C1CC(=O)c2ccccc21.Cl. The number of benzene rings is 1. The number of carbonyl (C=O) groups is 1. The van der Waals surface area contributed by atoms with Crippen LogP contribution >= 0.6 is 12.4 Å². The third-order valence-corrected chi connectivity index (χ3v) is 3.03. The molecule has 1 aliphatic carbocycles. The number of carbonyl (C=O) groups excluding carboxylic acids is 1. The molecule has 3 heteroatoms. The lowest BCUT2D eigenvalue weighted by atomic mass is 10.1. The summed E-state index contributed by atoms with van der Waals surface area (Å²) in [5.74, 6) is 5.36. The molecule has 0 aliphatic heterocycles. The average molecular weight is 260 g/mol. The lowest BCUT2D eigenvalue weighted by molar-refractivity contribution is 0.0964. The maximum Gasteiger partial charge on any atom is 0.165 e. The van der Waals surface area contributed by atoms with Crippen LogP contribution in [0.25, 0.3) is 0 Å². The van der Waals surface area contributed by atoms with E-state index in [9.17, 15) is 4.79 Å². The van der Waals surface area contributed by atoms with Gasteiger partial charge in [-0.1, -0.05) is 36.1 Å². The van der Waals surface area contributed by atoms with Crippen LogP contribution in [0.15, 0.2) is 24.3 Å². The van der Waals surface area contributed by atoms with E-state index in [0.717, 1.165) is 11.1 Å². The molecular formula is C15H14ClNO. The first-order chi connectivity index (χ1) is 8.27. The van der Waals surface area contributed by atoms with Crippen molar-refractivity contribution in [2.24, 2.45) is 0 Å². The molecule has 0 radical (unpaired) electrons. The van der Waals surface area contributed by atoms with E-state index in [2.05, 4.69) is 11.8 Å². The van der Waals surface area contributed by atoms with Crippen LogP contribution in [0.5, 0.6) is 0 Å². The molecular weight excluding hydrogens is 246 g/mol. The molecule has 0 heterocycles. The molecule has 0 bridgehead atoms. The minimum atomic E-state index is 0. The van der Waals surface area contributed by atoms with Crippen LogP contribution in [0, 0.1) is 24.7 Å². The van der Waals surface area contributed by atoms with Gasteiger partial charge in [0.05, 0.1) is 13.1 Å². The fraction of sp³-hybridized carbons (Fsp3) is 0.267. The Bertz CT molecular complexity index is 508. The zero-order valence-electron chi connectivity index (χ0n) is 9.93. The summed E-state index contributed by atoms with van der Waals surface area (Å²) in [7, 11) is 0. The average Bonchev–Trinajstić information content (AvgIpc) is 2.67. The number of halogens is 1. The van der Waals surface area contributed by atoms with Gasteiger partial charge in [-0.2, -0.15) is 0 Å². The zero-order chi connectivity index (χ0) is 12.3. The Morgan fingerprint density at radius 1 is 1.22 bits per heavy atom. The molecule has 0 spiro atoms. The first kappa shape index (κ1) is 14.3. The highest BCUT2D eigenvalue weighted by Gasteiger charge is 2.32. The Morgan fingerprint density at radius 3 is 2.44 bits per heavy atom. The van der Waals surface area contributed by atoms with Gasteiger partial charge in [0.15, 0.2) is 5.78 Å². The van der Waals surface area contributed by atoms with Gasteiger partial charge in [-0.25, -0.2) is 0 Å². The lowest BCUT2D eigenvalue weighted by Crippen LogP contribution is -2.28. The molecule has 1 aromatic carbocycles. The summed E-state index contributed by atoms with van der Waals surface area (Å²) >= 11 is 0. The number of hydrogen-bond acceptors (Lipinski definition) is 2. The van der Waals surface area contributed by atoms with Crippen molar-refractivity contribution in [1.82, 2.24) is 4.90 Å². The summed E-state index contributed by atoms with van der Waals surface area (Å²) < 4.78 is 0. The maximum atomic E-state index is 11.9. The highest BCUT2D eigenvalue weighted by atomic mass is 35.5. The largest absolute Gasteiger partial charge is 0.294 e. The highest BCUT2D eigenvalue weighted by molar-refractivity contribution is 6.01. The van der Waals surface area contributed by atoms with Crippen LogP contribution < -0.4 is 0 Å². The lowest BCUT2D eigenvalue weighted by Gasteiger charge is -2.24. The fourth-order valence-corrected chi connectivity index (χ4v) is 2.27. The summed E-state index contributed by atoms with van der Waals surface area (Å²) in [5, 5.41) is 0.